The summed E-state index contributed by atoms with van der Waals surface area (Å²) in [6, 6.07) is 5.62. The lowest BCUT2D eigenvalue weighted by atomic mass is 10.1. The first-order valence-electron chi connectivity index (χ1n) is 5.94. The molecule has 0 saturated heterocycles. The zero-order chi connectivity index (χ0) is 13.0. The van der Waals surface area contributed by atoms with E-state index in [0.717, 1.165) is 5.56 Å². The molecule has 1 aromatic carbocycles. The van der Waals surface area contributed by atoms with Crippen molar-refractivity contribution in [1.82, 2.24) is 15.3 Å². The molecule has 0 amide bonds. The van der Waals surface area contributed by atoms with Crippen molar-refractivity contribution in [2.24, 2.45) is 0 Å². The van der Waals surface area contributed by atoms with Crippen LogP contribution < -0.4 is 5.32 Å². The summed E-state index contributed by atoms with van der Waals surface area (Å²) in [6.07, 6.45) is 4.65. The van der Waals surface area contributed by atoms with Crippen LogP contribution in [-0.2, 0) is 6.54 Å². The summed E-state index contributed by atoms with van der Waals surface area (Å²) in [5, 5.41) is 3.26. The maximum atomic E-state index is 14.0. The van der Waals surface area contributed by atoms with Gasteiger partial charge in [-0.3, -0.25) is 0 Å². The van der Waals surface area contributed by atoms with E-state index in [-0.39, 0.29) is 5.82 Å². The minimum atomic E-state index is -0.243. The van der Waals surface area contributed by atoms with Crippen LogP contribution in [0.4, 0.5) is 4.39 Å². The van der Waals surface area contributed by atoms with Gasteiger partial charge < -0.3 is 5.32 Å². The van der Waals surface area contributed by atoms with Gasteiger partial charge in [0, 0.05) is 36.1 Å². The summed E-state index contributed by atoms with van der Waals surface area (Å²) in [6.45, 7) is 4.79. The zero-order valence-corrected chi connectivity index (χ0v) is 10.5. The lowest BCUT2D eigenvalue weighted by Crippen LogP contribution is -2.21. The molecule has 2 aromatic rings. The van der Waals surface area contributed by atoms with Gasteiger partial charge in [-0.1, -0.05) is 26.0 Å². The van der Waals surface area contributed by atoms with E-state index in [4.69, 9.17) is 0 Å². The SMILES string of the molecule is CC(C)NCc1ccc(-c2cncnc2)c(F)c1. The number of nitrogens with zero attached hydrogens (tertiary/aromatic N) is 2. The van der Waals surface area contributed by atoms with Gasteiger partial charge in [-0.2, -0.15) is 0 Å². The molecule has 0 aliphatic rings. The first kappa shape index (κ1) is 12.6. The highest BCUT2D eigenvalue weighted by Crippen LogP contribution is 2.22. The van der Waals surface area contributed by atoms with Gasteiger partial charge in [0.2, 0.25) is 0 Å². The minimum Gasteiger partial charge on any atom is -0.310 e. The lowest BCUT2D eigenvalue weighted by molar-refractivity contribution is 0.582. The molecule has 0 fully saturated rings. The van der Waals surface area contributed by atoms with Crippen molar-refractivity contribution < 1.29 is 4.39 Å². The van der Waals surface area contributed by atoms with E-state index >= 15 is 0 Å². The van der Waals surface area contributed by atoms with E-state index in [1.54, 1.807) is 24.5 Å². The summed E-state index contributed by atoms with van der Waals surface area (Å²) < 4.78 is 14.0. The maximum Gasteiger partial charge on any atom is 0.131 e. The monoisotopic (exact) mass is 245 g/mol. The van der Waals surface area contributed by atoms with E-state index in [0.29, 0.717) is 23.7 Å². The Morgan fingerprint density at radius 2 is 1.94 bits per heavy atom. The Labute approximate surface area is 106 Å². The minimum absolute atomic E-state index is 0.243. The van der Waals surface area contributed by atoms with Gasteiger partial charge in [-0.05, 0) is 11.6 Å². The van der Waals surface area contributed by atoms with Gasteiger partial charge >= 0.3 is 0 Å². The van der Waals surface area contributed by atoms with Crippen molar-refractivity contribution in [3.05, 3.63) is 48.3 Å². The van der Waals surface area contributed by atoms with Crippen LogP contribution in [0.5, 0.6) is 0 Å². The van der Waals surface area contributed by atoms with Gasteiger partial charge in [0.05, 0.1) is 0 Å². The summed E-state index contributed by atoms with van der Waals surface area (Å²) >= 11 is 0. The molecule has 1 heterocycles. The fourth-order valence-electron chi connectivity index (χ4n) is 1.66. The van der Waals surface area contributed by atoms with E-state index in [2.05, 4.69) is 29.1 Å². The van der Waals surface area contributed by atoms with Crippen LogP contribution in [0, 0.1) is 5.82 Å². The molecule has 1 aromatic heterocycles. The number of halogens is 1. The molecular weight excluding hydrogens is 229 g/mol. The molecule has 0 aliphatic carbocycles. The predicted molar refractivity (Wildman–Crippen MR) is 69.4 cm³/mol. The topological polar surface area (TPSA) is 37.8 Å². The smallest absolute Gasteiger partial charge is 0.131 e. The average Bonchev–Trinajstić information content (AvgIpc) is 2.37. The molecule has 2 rings (SSSR count). The first-order chi connectivity index (χ1) is 8.66. The first-order valence-corrected chi connectivity index (χ1v) is 5.94. The summed E-state index contributed by atoms with van der Waals surface area (Å²) in [5.41, 5.74) is 2.16. The molecule has 0 spiro atoms. The fraction of sp³-hybridized carbons (Fsp3) is 0.286. The van der Waals surface area contributed by atoms with Crippen LogP contribution in [0.1, 0.15) is 19.4 Å². The molecule has 0 radical (unpaired) electrons. The molecule has 18 heavy (non-hydrogen) atoms. The summed E-state index contributed by atoms with van der Waals surface area (Å²) in [7, 11) is 0. The van der Waals surface area contributed by atoms with Gasteiger partial charge in [-0.25, -0.2) is 14.4 Å². The molecular formula is C14H16FN3. The molecule has 0 saturated carbocycles. The van der Waals surface area contributed by atoms with Gasteiger partial charge in [0.15, 0.2) is 0 Å². The van der Waals surface area contributed by atoms with Gasteiger partial charge in [0.1, 0.15) is 12.1 Å². The van der Waals surface area contributed by atoms with E-state index in [9.17, 15) is 4.39 Å². The fourth-order valence-corrected chi connectivity index (χ4v) is 1.66. The van der Waals surface area contributed by atoms with E-state index in [1.165, 1.54) is 6.33 Å². The van der Waals surface area contributed by atoms with Crippen molar-refractivity contribution in [3.63, 3.8) is 0 Å². The molecule has 4 heteroatoms. The Bertz CT molecular complexity index is 512. The third-order valence-corrected chi connectivity index (χ3v) is 2.62. The average molecular weight is 245 g/mol. The molecule has 94 valence electrons. The quantitative estimate of drug-likeness (QED) is 0.900. The van der Waals surface area contributed by atoms with Gasteiger partial charge in [0.25, 0.3) is 0 Å². The molecule has 3 nitrogen and oxygen atoms in total. The molecule has 1 N–H and O–H groups in total. The second kappa shape index (κ2) is 5.69. The third-order valence-electron chi connectivity index (χ3n) is 2.62. The highest BCUT2D eigenvalue weighted by molar-refractivity contribution is 5.62. The number of nitrogens with one attached hydrogen (secondary N) is 1. The summed E-state index contributed by atoms with van der Waals surface area (Å²) in [5.74, 6) is -0.243. The highest BCUT2D eigenvalue weighted by Gasteiger charge is 2.06. The molecule has 0 aliphatic heterocycles. The predicted octanol–water partition coefficient (Wildman–Crippen LogP) is 2.78. The van der Waals surface area contributed by atoms with E-state index in [1.807, 2.05) is 6.07 Å². The maximum absolute atomic E-state index is 14.0. The normalized spacial score (nSPS) is 10.9. The Hall–Kier alpha value is -1.81. The zero-order valence-electron chi connectivity index (χ0n) is 10.5. The molecule has 0 unspecified atom stereocenters. The second-order valence-corrected chi connectivity index (χ2v) is 4.48. The van der Waals surface area contributed by atoms with Crippen LogP contribution in [0.25, 0.3) is 11.1 Å². The largest absolute Gasteiger partial charge is 0.310 e. The Balaban J connectivity index is 2.20. The Morgan fingerprint density at radius 3 is 2.56 bits per heavy atom. The van der Waals surface area contributed by atoms with Crippen LogP contribution in [0.15, 0.2) is 36.9 Å². The van der Waals surface area contributed by atoms with Crippen molar-refractivity contribution in [2.45, 2.75) is 26.4 Å². The number of rotatable bonds is 4. The van der Waals surface area contributed by atoms with Crippen molar-refractivity contribution >= 4 is 0 Å². The number of hydrogen-bond acceptors (Lipinski definition) is 3. The van der Waals surface area contributed by atoms with Crippen LogP contribution in [-0.4, -0.2) is 16.0 Å². The lowest BCUT2D eigenvalue weighted by Gasteiger charge is -2.09. The standard InChI is InChI=1S/C14H16FN3/c1-10(2)18-6-11-3-4-13(14(15)5-11)12-7-16-9-17-8-12/h3-5,7-10,18H,6H2,1-2H3. The van der Waals surface area contributed by atoms with Crippen molar-refractivity contribution in [1.29, 1.82) is 0 Å². The Morgan fingerprint density at radius 1 is 1.22 bits per heavy atom. The van der Waals surface area contributed by atoms with Crippen molar-refractivity contribution in [2.75, 3.05) is 0 Å². The molecule has 0 atom stereocenters. The number of aromatic nitrogens is 2. The number of hydrogen-bond donors (Lipinski definition) is 1. The van der Waals surface area contributed by atoms with Gasteiger partial charge in [-0.15, -0.1) is 0 Å². The second-order valence-electron chi connectivity index (χ2n) is 4.48. The number of benzene rings is 1. The Kier molecular flexibility index (Phi) is 3.99. The van der Waals surface area contributed by atoms with E-state index < -0.39 is 0 Å². The van der Waals surface area contributed by atoms with Crippen LogP contribution in [0.2, 0.25) is 0 Å². The van der Waals surface area contributed by atoms with Crippen LogP contribution in [0.3, 0.4) is 0 Å². The van der Waals surface area contributed by atoms with Crippen LogP contribution >= 0.6 is 0 Å². The summed E-state index contributed by atoms with van der Waals surface area (Å²) in [4.78, 5) is 7.79. The van der Waals surface area contributed by atoms with Crippen molar-refractivity contribution in [3.8, 4) is 11.1 Å². The molecule has 0 bridgehead atoms. The highest BCUT2D eigenvalue weighted by atomic mass is 19.1. The third kappa shape index (κ3) is 3.11.